The molecule has 0 aromatic heterocycles. The molecule has 0 spiro atoms. The molecule has 2 aromatic carbocycles. The molecule has 0 bridgehead atoms. The van der Waals surface area contributed by atoms with Crippen LogP contribution in [0.5, 0.6) is 0 Å². The van der Waals surface area contributed by atoms with Crippen LogP contribution in [0, 0.1) is 16.0 Å². The summed E-state index contributed by atoms with van der Waals surface area (Å²) >= 11 is 0. The highest BCUT2D eigenvalue weighted by Gasteiger charge is 2.68. The Bertz CT molecular complexity index is 1360. The first-order valence-corrected chi connectivity index (χ1v) is 12.9. The quantitative estimate of drug-likeness (QED) is 0.153. The van der Waals surface area contributed by atoms with Gasteiger partial charge in [-0.25, -0.2) is 0 Å². The number of nitro groups is 1. The van der Waals surface area contributed by atoms with E-state index in [2.05, 4.69) is 15.5 Å². The number of nitrogens with one attached hydrogen (secondary N) is 1. The zero-order valence-electron chi connectivity index (χ0n) is 18.3. The molecule has 2 unspecified atom stereocenters. The third kappa shape index (κ3) is 5.14. The lowest BCUT2D eigenvalue weighted by atomic mass is 9.87. The van der Waals surface area contributed by atoms with Crippen LogP contribution in [-0.4, -0.2) is 47.7 Å². The molecule has 12 nitrogen and oxygen atoms in total. The number of benzene rings is 2. The van der Waals surface area contributed by atoms with Crippen LogP contribution in [0.3, 0.4) is 0 Å². The minimum Gasteiger partial charge on any atom is -0.388 e. The van der Waals surface area contributed by atoms with Crippen molar-refractivity contribution in [3.8, 4) is 0 Å². The second-order valence-corrected chi connectivity index (χ2v) is 11.3. The van der Waals surface area contributed by atoms with Crippen molar-refractivity contribution in [2.75, 3.05) is 12.4 Å². The van der Waals surface area contributed by atoms with Crippen LogP contribution in [0.2, 0.25) is 0 Å². The number of hydrogen-bond acceptors (Lipinski definition) is 9. The Morgan fingerprint density at radius 3 is 2.17 bits per heavy atom. The summed E-state index contributed by atoms with van der Waals surface area (Å²) in [6.07, 6.45) is 2.85. The highest BCUT2D eigenvalue weighted by molar-refractivity contribution is 8.05. The molecule has 186 valence electrons. The molecule has 3 N–H and O–H groups in total. The molecule has 0 aliphatic heterocycles. The van der Waals surface area contributed by atoms with E-state index in [4.69, 9.17) is 0 Å². The van der Waals surface area contributed by atoms with E-state index < -0.39 is 47.2 Å². The van der Waals surface area contributed by atoms with Crippen LogP contribution < -0.4 is 5.32 Å². The van der Waals surface area contributed by atoms with Crippen molar-refractivity contribution in [1.29, 1.82) is 0 Å². The lowest BCUT2D eigenvalue weighted by Gasteiger charge is -2.37. The fourth-order valence-corrected chi connectivity index (χ4v) is 6.52. The second kappa shape index (κ2) is 9.65. The predicted molar refractivity (Wildman–Crippen MR) is 129 cm³/mol. The maximum Gasteiger partial charge on any atom is 0.351 e. The third-order valence-electron chi connectivity index (χ3n) is 5.56. The number of anilines is 1. The van der Waals surface area contributed by atoms with Gasteiger partial charge in [0.1, 0.15) is 0 Å². The van der Waals surface area contributed by atoms with Gasteiger partial charge in [-0.05, 0) is 29.8 Å². The molecule has 0 saturated carbocycles. The van der Waals surface area contributed by atoms with Crippen molar-refractivity contribution in [2.24, 2.45) is 16.1 Å². The Kier molecular flexibility index (Phi) is 7.21. The van der Waals surface area contributed by atoms with Gasteiger partial charge in [-0.15, -0.1) is 10.2 Å². The topological polar surface area (TPSA) is 189 Å². The number of hydrogen-bond donors (Lipinski definition) is 3. The van der Waals surface area contributed by atoms with Crippen LogP contribution in [-0.2, 0) is 20.2 Å². The number of nitrogens with zero attached hydrogens (tertiary/aromatic N) is 3. The summed E-state index contributed by atoms with van der Waals surface area (Å²) in [4.78, 5) is 11.0. The van der Waals surface area contributed by atoms with E-state index in [1.807, 2.05) is 0 Å². The maximum absolute atomic E-state index is 12.5. The van der Waals surface area contributed by atoms with Gasteiger partial charge in [0.05, 0.1) is 17.0 Å². The van der Waals surface area contributed by atoms with Crippen molar-refractivity contribution in [3.63, 3.8) is 0 Å². The number of azo groups is 1. The minimum atomic E-state index is -5.65. The second-order valence-electron chi connectivity index (χ2n) is 7.73. The first-order valence-electron chi connectivity index (χ1n) is 10.1. The fourth-order valence-electron chi connectivity index (χ4n) is 3.66. The molecule has 0 fully saturated rings. The maximum atomic E-state index is 12.5. The van der Waals surface area contributed by atoms with Crippen molar-refractivity contribution >= 4 is 37.7 Å². The van der Waals surface area contributed by atoms with Crippen molar-refractivity contribution in [1.82, 2.24) is 0 Å². The van der Waals surface area contributed by atoms with E-state index in [9.17, 15) is 36.1 Å². The van der Waals surface area contributed by atoms with E-state index in [-0.39, 0.29) is 5.69 Å². The van der Waals surface area contributed by atoms with E-state index >= 15 is 0 Å². The van der Waals surface area contributed by atoms with Crippen molar-refractivity contribution in [2.45, 2.75) is 16.2 Å². The molecule has 2 atom stereocenters. The summed E-state index contributed by atoms with van der Waals surface area (Å²) in [5, 5.41) is 22.4. The molecular weight excluding hydrogens is 500 g/mol. The van der Waals surface area contributed by atoms with Gasteiger partial charge in [-0.2, -0.15) is 16.8 Å². The van der Waals surface area contributed by atoms with Crippen LogP contribution >= 0.6 is 0 Å². The van der Waals surface area contributed by atoms with E-state index in [0.29, 0.717) is 5.56 Å². The fraction of sp³-hybridized carbons (Fsp3) is 0.238. The molecule has 1 aliphatic rings. The highest BCUT2D eigenvalue weighted by atomic mass is 32.3. The Morgan fingerprint density at radius 1 is 1.06 bits per heavy atom. The van der Waals surface area contributed by atoms with Gasteiger partial charge < -0.3 is 5.32 Å². The molecule has 1 aliphatic carbocycles. The largest absolute Gasteiger partial charge is 0.388 e. The van der Waals surface area contributed by atoms with Crippen LogP contribution in [0.15, 0.2) is 83.1 Å². The van der Waals surface area contributed by atoms with Gasteiger partial charge in [0.2, 0.25) is 4.08 Å². The molecule has 3 rings (SSSR count). The average Bonchev–Trinajstić information content (AvgIpc) is 2.81. The lowest BCUT2D eigenvalue weighted by Crippen LogP contribution is -2.58. The minimum absolute atomic E-state index is 0.161. The summed E-state index contributed by atoms with van der Waals surface area (Å²) < 4.78 is 66.5. The van der Waals surface area contributed by atoms with Crippen molar-refractivity contribution < 1.29 is 30.9 Å². The van der Waals surface area contributed by atoms with Crippen LogP contribution in [0.4, 0.5) is 11.4 Å². The third-order valence-corrected chi connectivity index (χ3v) is 9.41. The Hall–Kier alpha value is -3.46. The molecule has 0 amide bonds. The molecular formula is C21H22N4O8S2. The first-order chi connectivity index (χ1) is 16.3. The van der Waals surface area contributed by atoms with Gasteiger partial charge >= 0.3 is 5.66 Å². The Morgan fingerprint density at radius 2 is 1.66 bits per heavy atom. The van der Waals surface area contributed by atoms with Crippen LogP contribution in [0.1, 0.15) is 12.0 Å². The summed E-state index contributed by atoms with van der Waals surface area (Å²) in [6, 6.07) is 14.5. The van der Waals surface area contributed by atoms with Gasteiger partial charge in [-0.1, -0.05) is 48.6 Å². The highest BCUT2D eigenvalue weighted by Crippen LogP contribution is 2.46. The van der Waals surface area contributed by atoms with Gasteiger partial charge in [0.15, 0.2) is 0 Å². The zero-order chi connectivity index (χ0) is 25.9. The molecule has 0 radical (unpaired) electrons. The van der Waals surface area contributed by atoms with E-state index in [0.717, 1.165) is 23.9 Å². The van der Waals surface area contributed by atoms with E-state index in [1.165, 1.54) is 18.2 Å². The number of rotatable bonds is 8. The predicted octanol–water partition coefficient (Wildman–Crippen LogP) is 3.55. The Balaban J connectivity index is 2.17. The molecule has 0 saturated heterocycles. The van der Waals surface area contributed by atoms with E-state index in [1.54, 1.807) is 49.5 Å². The summed E-state index contributed by atoms with van der Waals surface area (Å²) in [5.41, 5.74) is -1.29. The molecule has 35 heavy (non-hydrogen) atoms. The first kappa shape index (κ1) is 26.2. The number of allylic oxidation sites excluding steroid dienone is 2. The van der Waals surface area contributed by atoms with Crippen LogP contribution in [0.25, 0.3) is 6.08 Å². The van der Waals surface area contributed by atoms with Gasteiger partial charge in [-0.3, -0.25) is 19.2 Å². The summed E-state index contributed by atoms with van der Waals surface area (Å²) in [5.74, 6) is -1.69. The Labute approximate surface area is 201 Å². The van der Waals surface area contributed by atoms with Crippen molar-refractivity contribution in [3.05, 3.63) is 88.5 Å². The summed E-state index contributed by atoms with van der Waals surface area (Å²) in [7, 11) is -9.62. The van der Waals surface area contributed by atoms with Gasteiger partial charge in [0, 0.05) is 24.7 Å². The van der Waals surface area contributed by atoms with Gasteiger partial charge in [0.25, 0.3) is 20.2 Å². The summed E-state index contributed by atoms with van der Waals surface area (Å²) in [6.45, 7) is 0. The molecule has 2 aromatic rings. The zero-order valence-corrected chi connectivity index (χ0v) is 19.9. The lowest BCUT2D eigenvalue weighted by molar-refractivity contribution is -0.556. The molecule has 14 heteroatoms. The SMILES string of the molecule is CNc1ccc(N=NC2([N+](=O)[O-])C=CC(C=Cc3ccccc3)C(S(=O)(=O)O)(S(=O)(=O)O)C2)cc1. The molecule has 0 heterocycles. The monoisotopic (exact) mass is 522 g/mol. The normalized spacial score (nSPS) is 22.4. The standard InChI is InChI=1S/C21H22N4O8S2/c1-22-18-9-11-19(12-10-18)23-24-20(25(26)27)14-13-17(8-7-16-5-3-2-4-6-16)21(15-20,34(28,29)30)35(31,32)33/h2-14,17,22H,15H2,1H3,(H,28,29,30)(H,31,32,33). The average molecular weight is 523 g/mol. The smallest absolute Gasteiger partial charge is 0.351 e.